The first kappa shape index (κ1) is 22.2. The fourth-order valence-corrected chi connectivity index (χ4v) is 2.75. The van der Waals surface area contributed by atoms with Crippen LogP contribution in [0.3, 0.4) is 0 Å². The predicted molar refractivity (Wildman–Crippen MR) is 107 cm³/mol. The Morgan fingerprint density at radius 2 is 1.86 bits per heavy atom. The van der Waals surface area contributed by atoms with E-state index in [9.17, 15) is 13.6 Å². The molecule has 2 aromatic carbocycles. The van der Waals surface area contributed by atoms with E-state index in [1.54, 1.807) is 30.0 Å². The first-order chi connectivity index (χ1) is 13.8. The van der Waals surface area contributed by atoms with Crippen LogP contribution in [0.5, 0.6) is 11.5 Å². The molecule has 0 saturated heterocycles. The van der Waals surface area contributed by atoms with Crippen LogP contribution in [0.2, 0.25) is 0 Å². The van der Waals surface area contributed by atoms with Gasteiger partial charge < -0.3 is 19.5 Å². The summed E-state index contributed by atoms with van der Waals surface area (Å²) in [5.74, 6) is -1.03. The largest absolute Gasteiger partial charge is 0.490 e. The molecular weight excluding hydrogens is 404 g/mol. The number of hydrogen-bond acceptors (Lipinski definition) is 7. The number of carboxylic acids is 1. The van der Waals surface area contributed by atoms with Gasteiger partial charge in [0.2, 0.25) is 0 Å². The summed E-state index contributed by atoms with van der Waals surface area (Å²) in [4.78, 5) is 13.3. The predicted octanol–water partition coefficient (Wildman–Crippen LogP) is 4.92. The number of carboxylic acid groups (broad SMARTS) is 1. The number of nitrogens with zero attached hydrogens (tertiary/aromatic N) is 2. The van der Waals surface area contributed by atoms with Crippen LogP contribution in [0.25, 0.3) is 0 Å². The van der Waals surface area contributed by atoms with E-state index in [-0.39, 0.29) is 36.8 Å². The molecule has 154 valence electrons. The second kappa shape index (κ2) is 10.4. The Morgan fingerprint density at radius 1 is 1.21 bits per heavy atom. The quantitative estimate of drug-likeness (QED) is 0.393. The maximum absolute atomic E-state index is 12.6. The minimum atomic E-state index is -2.99. The Kier molecular flexibility index (Phi) is 7.96. The maximum Gasteiger partial charge on any atom is 0.387 e. The molecule has 0 aliphatic heterocycles. The smallest absolute Gasteiger partial charge is 0.387 e. The summed E-state index contributed by atoms with van der Waals surface area (Å²) in [5.41, 5.74) is 8.29. The van der Waals surface area contributed by atoms with E-state index in [0.717, 1.165) is 0 Å². The van der Waals surface area contributed by atoms with Crippen molar-refractivity contribution in [2.75, 3.05) is 24.6 Å². The molecule has 0 radical (unpaired) electrons. The highest BCUT2D eigenvalue weighted by atomic mass is 32.1. The molecule has 2 aromatic rings. The van der Waals surface area contributed by atoms with E-state index in [0.29, 0.717) is 16.2 Å². The fraction of sp³-hybridized carbons (Fsp3) is 0.263. The first-order valence-electron chi connectivity index (χ1n) is 8.53. The van der Waals surface area contributed by atoms with Gasteiger partial charge in [-0.25, -0.2) is 10.3 Å². The Balaban J connectivity index is 2.46. The van der Waals surface area contributed by atoms with Gasteiger partial charge in [-0.1, -0.05) is 12.2 Å². The summed E-state index contributed by atoms with van der Waals surface area (Å²) in [6, 6.07) is 10.6. The van der Waals surface area contributed by atoms with Crippen LogP contribution < -0.4 is 14.4 Å². The molecule has 0 saturated carbocycles. The minimum absolute atomic E-state index is 0.0456. The second-order valence-corrected chi connectivity index (χ2v) is 6.31. The van der Waals surface area contributed by atoms with Gasteiger partial charge in [0.1, 0.15) is 0 Å². The van der Waals surface area contributed by atoms with Gasteiger partial charge in [0.15, 0.2) is 11.5 Å². The van der Waals surface area contributed by atoms with Gasteiger partial charge in [-0.2, -0.15) is 13.9 Å². The van der Waals surface area contributed by atoms with Crippen molar-refractivity contribution in [2.24, 2.45) is 5.11 Å². The zero-order valence-corrected chi connectivity index (χ0v) is 16.3. The molecular formula is C19H19F2N3O4S. The van der Waals surface area contributed by atoms with Crippen molar-refractivity contribution in [3.8, 4) is 11.5 Å². The fourth-order valence-electron chi connectivity index (χ4n) is 2.56. The van der Waals surface area contributed by atoms with Crippen molar-refractivity contribution >= 4 is 34.4 Å². The van der Waals surface area contributed by atoms with Crippen LogP contribution in [0.15, 0.2) is 47.6 Å². The molecule has 0 heterocycles. The number of ether oxygens (including phenoxy) is 2. The number of aromatic carboxylic acids is 1. The minimum Gasteiger partial charge on any atom is -0.490 e. The monoisotopic (exact) mass is 423 g/mol. The summed E-state index contributed by atoms with van der Waals surface area (Å²) in [5, 5.41) is 12.4. The Morgan fingerprint density at radius 3 is 2.41 bits per heavy atom. The van der Waals surface area contributed by atoms with Crippen LogP contribution in [-0.2, 0) is 0 Å². The van der Waals surface area contributed by atoms with E-state index in [2.05, 4.69) is 9.85 Å². The zero-order valence-electron chi connectivity index (χ0n) is 15.5. The molecule has 0 atom stereocenters. The normalized spacial score (nSPS) is 10.5. The van der Waals surface area contributed by atoms with Gasteiger partial charge in [0, 0.05) is 22.3 Å². The molecule has 2 N–H and O–H groups in total. The third-order valence-corrected chi connectivity index (χ3v) is 4.03. The third-order valence-electron chi connectivity index (χ3n) is 3.77. The number of thiocarbonyl (C=S) groups is 1. The van der Waals surface area contributed by atoms with Crippen molar-refractivity contribution in [1.82, 2.24) is 0 Å². The van der Waals surface area contributed by atoms with Crippen molar-refractivity contribution in [3.63, 3.8) is 0 Å². The third kappa shape index (κ3) is 6.18. The van der Waals surface area contributed by atoms with Gasteiger partial charge in [-0.15, -0.1) is 0 Å². The van der Waals surface area contributed by atoms with E-state index < -0.39 is 12.6 Å². The molecule has 2 rings (SSSR count). The van der Waals surface area contributed by atoms with Crippen LogP contribution in [0.1, 0.15) is 17.3 Å². The average molecular weight is 423 g/mol. The lowest BCUT2D eigenvalue weighted by Gasteiger charge is -2.26. The molecule has 0 aliphatic carbocycles. The lowest BCUT2D eigenvalue weighted by molar-refractivity contribution is -0.0514. The summed E-state index contributed by atoms with van der Waals surface area (Å²) >= 11 is 5.26. The number of anilines is 2. The zero-order chi connectivity index (χ0) is 21.4. The van der Waals surface area contributed by atoms with Crippen molar-refractivity contribution < 1.29 is 28.2 Å². The Hall–Kier alpha value is -3.14. The highest BCUT2D eigenvalue weighted by Crippen LogP contribution is 2.36. The number of rotatable bonds is 11. The van der Waals surface area contributed by atoms with E-state index >= 15 is 0 Å². The molecule has 0 fully saturated rings. The number of nitrogens with one attached hydrogen (secondary N) is 1. The van der Waals surface area contributed by atoms with Crippen LogP contribution >= 0.6 is 12.2 Å². The van der Waals surface area contributed by atoms with E-state index in [1.165, 1.54) is 24.3 Å². The molecule has 0 aromatic heterocycles. The molecule has 0 spiro atoms. The lowest BCUT2D eigenvalue weighted by Crippen LogP contribution is -2.25. The van der Waals surface area contributed by atoms with Crippen LogP contribution in [0.4, 0.5) is 20.2 Å². The maximum atomic E-state index is 12.6. The SMILES string of the molecule is CCOc1cc(N(CC(=S)CN=N)c2ccc(C(=O)O)cc2)ccc1OC(F)F. The molecule has 10 heteroatoms. The number of hydrogen-bond donors (Lipinski definition) is 2. The molecule has 0 bridgehead atoms. The molecule has 0 amide bonds. The van der Waals surface area contributed by atoms with Crippen LogP contribution in [0, 0.1) is 5.53 Å². The standard InChI is InChI=1S/C19H19F2N3O4S/c1-2-27-17-9-14(7-8-16(17)28-19(20)21)24(11-15(29)10-23-22)13-5-3-12(4-6-13)18(25)26/h3-9,19,22H,2,10-11H2,1H3,(H,25,26). The topological polar surface area (TPSA) is 95.2 Å². The van der Waals surface area contributed by atoms with Crippen LogP contribution in [-0.4, -0.2) is 42.2 Å². The number of halogens is 2. The lowest BCUT2D eigenvalue weighted by atomic mass is 10.1. The van der Waals surface area contributed by atoms with Gasteiger partial charge in [0.05, 0.1) is 25.3 Å². The molecule has 7 nitrogen and oxygen atoms in total. The second-order valence-electron chi connectivity index (χ2n) is 5.74. The van der Waals surface area contributed by atoms with Crippen molar-refractivity contribution in [3.05, 3.63) is 48.0 Å². The van der Waals surface area contributed by atoms with Gasteiger partial charge in [-0.3, -0.25) is 0 Å². The Bertz CT molecular complexity index is 878. The summed E-state index contributed by atoms with van der Waals surface area (Å²) in [6.07, 6.45) is 0. The summed E-state index contributed by atoms with van der Waals surface area (Å²) in [6.45, 7) is -0.793. The van der Waals surface area contributed by atoms with Gasteiger partial charge in [0.25, 0.3) is 0 Å². The molecule has 29 heavy (non-hydrogen) atoms. The highest BCUT2D eigenvalue weighted by Gasteiger charge is 2.17. The molecule has 0 unspecified atom stereocenters. The highest BCUT2D eigenvalue weighted by molar-refractivity contribution is 7.80. The number of alkyl halides is 2. The van der Waals surface area contributed by atoms with E-state index in [1.807, 2.05) is 0 Å². The summed E-state index contributed by atoms with van der Waals surface area (Å²) in [7, 11) is 0. The molecule has 0 aliphatic rings. The van der Waals surface area contributed by atoms with Crippen molar-refractivity contribution in [2.45, 2.75) is 13.5 Å². The van der Waals surface area contributed by atoms with Gasteiger partial charge >= 0.3 is 12.6 Å². The average Bonchev–Trinajstić information content (AvgIpc) is 2.68. The number of carbonyl (C=O) groups is 1. The van der Waals surface area contributed by atoms with Crippen molar-refractivity contribution in [1.29, 1.82) is 5.53 Å². The Labute approximate surface area is 171 Å². The first-order valence-corrected chi connectivity index (χ1v) is 8.94. The van der Waals surface area contributed by atoms with Gasteiger partial charge in [-0.05, 0) is 43.3 Å². The number of benzene rings is 2. The summed E-state index contributed by atoms with van der Waals surface area (Å²) < 4.78 is 35.2. The van der Waals surface area contributed by atoms with E-state index in [4.69, 9.17) is 27.6 Å².